The molecular weight excluding hydrogens is 256 g/mol. The second-order valence-electron chi connectivity index (χ2n) is 4.44. The van der Waals surface area contributed by atoms with Crippen LogP contribution < -0.4 is 11.1 Å². The number of amides is 2. The van der Waals surface area contributed by atoms with Crippen LogP contribution in [0.4, 0.5) is 5.00 Å². The van der Waals surface area contributed by atoms with Gasteiger partial charge in [0.05, 0.1) is 17.4 Å². The van der Waals surface area contributed by atoms with Crippen LogP contribution in [-0.4, -0.2) is 22.9 Å². The molecule has 2 amide bonds. The van der Waals surface area contributed by atoms with Gasteiger partial charge in [-0.15, -0.1) is 11.3 Å². The quantitative estimate of drug-likeness (QED) is 0.748. The van der Waals surface area contributed by atoms with Crippen LogP contribution in [0, 0.1) is 5.41 Å². The highest BCUT2D eigenvalue weighted by molar-refractivity contribution is 7.14. The number of hydrogen-bond acceptors (Lipinski definition) is 4. The number of carboxylic acids is 1. The maximum atomic E-state index is 11.9. The zero-order chi connectivity index (χ0) is 13.9. The van der Waals surface area contributed by atoms with Gasteiger partial charge in [0, 0.05) is 0 Å². The Balaban J connectivity index is 2.84. The molecular formula is C11H14N2O4S. The molecule has 0 bridgehead atoms. The Morgan fingerprint density at radius 2 is 2.06 bits per heavy atom. The maximum Gasteiger partial charge on any atom is 0.304 e. The maximum absolute atomic E-state index is 11.9. The van der Waals surface area contributed by atoms with Gasteiger partial charge in [-0.25, -0.2) is 0 Å². The first kappa shape index (κ1) is 14.2. The second kappa shape index (κ2) is 5.18. The van der Waals surface area contributed by atoms with E-state index in [2.05, 4.69) is 5.32 Å². The van der Waals surface area contributed by atoms with Crippen LogP contribution in [0.3, 0.4) is 0 Å². The number of aliphatic carboxylic acids is 1. The average molecular weight is 270 g/mol. The van der Waals surface area contributed by atoms with E-state index in [0.717, 1.165) is 11.3 Å². The highest BCUT2D eigenvalue weighted by Crippen LogP contribution is 2.27. The lowest BCUT2D eigenvalue weighted by Crippen LogP contribution is -2.33. The SMILES string of the molecule is CC(C)(CC(=O)O)C(=O)Nc1sccc1C(N)=O. The molecule has 1 aromatic rings. The van der Waals surface area contributed by atoms with Crippen molar-refractivity contribution < 1.29 is 19.5 Å². The molecule has 0 unspecified atom stereocenters. The van der Waals surface area contributed by atoms with Crippen LogP contribution in [0.2, 0.25) is 0 Å². The van der Waals surface area contributed by atoms with Crippen molar-refractivity contribution in [1.29, 1.82) is 0 Å². The predicted molar refractivity (Wildman–Crippen MR) is 67.5 cm³/mol. The summed E-state index contributed by atoms with van der Waals surface area (Å²) in [6.07, 6.45) is -0.296. The lowest BCUT2D eigenvalue weighted by Gasteiger charge is -2.21. The Morgan fingerprint density at radius 1 is 1.44 bits per heavy atom. The first-order valence-corrected chi connectivity index (χ1v) is 6.02. The monoisotopic (exact) mass is 270 g/mol. The molecule has 4 N–H and O–H groups in total. The molecule has 98 valence electrons. The molecule has 1 heterocycles. The summed E-state index contributed by atoms with van der Waals surface area (Å²) in [5.41, 5.74) is 4.30. The van der Waals surface area contributed by atoms with Crippen molar-refractivity contribution in [1.82, 2.24) is 0 Å². The first-order valence-electron chi connectivity index (χ1n) is 5.14. The lowest BCUT2D eigenvalue weighted by molar-refractivity contribution is -0.142. The fourth-order valence-corrected chi connectivity index (χ4v) is 2.12. The van der Waals surface area contributed by atoms with Gasteiger partial charge in [-0.05, 0) is 11.4 Å². The fourth-order valence-electron chi connectivity index (χ4n) is 1.33. The molecule has 0 aliphatic rings. The molecule has 0 saturated carbocycles. The van der Waals surface area contributed by atoms with E-state index in [0.29, 0.717) is 5.00 Å². The number of nitrogens with one attached hydrogen (secondary N) is 1. The van der Waals surface area contributed by atoms with Gasteiger partial charge in [-0.1, -0.05) is 13.8 Å². The van der Waals surface area contributed by atoms with Crippen molar-refractivity contribution in [2.75, 3.05) is 5.32 Å². The number of carbonyl (C=O) groups excluding carboxylic acids is 2. The minimum absolute atomic E-state index is 0.222. The van der Waals surface area contributed by atoms with Crippen molar-refractivity contribution in [2.24, 2.45) is 11.1 Å². The lowest BCUT2D eigenvalue weighted by atomic mass is 9.88. The molecule has 18 heavy (non-hydrogen) atoms. The number of rotatable bonds is 5. The third-order valence-electron chi connectivity index (χ3n) is 2.37. The largest absolute Gasteiger partial charge is 0.481 e. The van der Waals surface area contributed by atoms with Gasteiger partial charge in [0.1, 0.15) is 5.00 Å². The summed E-state index contributed by atoms with van der Waals surface area (Å²) in [5, 5.41) is 13.2. The normalized spacial score (nSPS) is 11.0. The van der Waals surface area contributed by atoms with Crippen molar-refractivity contribution in [3.63, 3.8) is 0 Å². The van der Waals surface area contributed by atoms with Crippen LogP contribution >= 0.6 is 11.3 Å². The Hall–Kier alpha value is -1.89. The van der Waals surface area contributed by atoms with E-state index in [1.807, 2.05) is 0 Å². The van der Waals surface area contributed by atoms with Crippen LogP contribution in [-0.2, 0) is 9.59 Å². The zero-order valence-corrected chi connectivity index (χ0v) is 10.8. The molecule has 0 aliphatic carbocycles. The van der Waals surface area contributed by atoms with E-state index in [1.54, 1.807) is 5.38 Å². The van der Waals surface area contributed by atoms with Gasteiger partial charge >= 0.3 is 5.97 Å². The third kappa shape index (κ3) is 3.30. The van der Waals surface area contributed by atoms with E-state index in [-0.39, 0.29) is 12.0 Å². The summed E-state index contributed by atoms with van der Waals surface area (Å²) < 4.78 is 0. The van der Waals surface area contributed by atoms with E-state index < -0.39 is 23.2 Å². The summed E-state index contributed by atoms with van der Waals surface area (Å²) in [5.74, 6) is -2.16. The molecule has 6 nitrogen and oxygen atoms in total. The fraction of sp³-hybridized carbons (Fsp3) is 0.364. The average Bonchev–Trinajstić information content (AvgIpc) is 2.63. The molecule has 7 heteroatoms. The number of primary amides is 1. The van der Waals surface area contributed by atoms with E-state index in [4.69, 9.17) is 10.8 Å². The van der Waals surface area contributed by atoms with Crippen LogP contribution in [0.1, 0.15) is 30.6 Å². The number of carboxylic acid groups (broad SMARTS) is 1. The van der Waals surface area contributed by atoms with Gasteiger partial charge in [0.25, 0.3) is 5.91 Å². The Kier molecular flexibility index (Phi) is 4.07. The van der Waals surface area contributed by atoms with Crippen LogP contribution in [0.25, 0.3) is 0 Å². The molecule has 0 saturated heterocycles. The Morgan fingerprint density at radius 3 is 2.56 bits per heavy atom. The van der Waals surface area contributed by atoms with Crippen molar-refractivity contribution in [2.45, 2.75) is 20.3 Å². The summed E-state index contributed by atoms with van der Waals surface area (Å²) in [7, 11) is 0. The molecule has 0 aromatic carbocycles. The van der Waals surface area contributed by atoms with Crippen molar-refractivity contribution in [3.05, 3.63) is 17.0 Å². The standard InChI is InChI=1S/C11H14N2O4S/c1-11(2,5-7(14)15)10(17)13-9-6(8(12)16)3-4-18-9/h3-4H,5H2,1-2H3,(H2,12,16)(H,13,17)(H,14,15). The smallest absolute Gasteiger partial charge is 0.304 e. The van der Waals surface area contributed by atoms with Gasteiger partial charge in [-0.2, -0.15) is 0 Å². The number of anilines is 1. The number of thiophene rings is 1. The van der Waals surface area contributed by atoms with Crippen LogP contribution in [0.5, 0.6) is 0 Å². The number of carbonyl (C=O) groups is 3. The molecule has 0 atom stereocenters. The highest BCUT2D eigenvalue weighted by Gasteiger charge is 2.31. The minimum atomic E-state index is -1.06. The minimum Gasteiger partial charge on any atom is -0.481 e. The van der Waals surface area contributed by atoms with Crippen LogP contribution in [0.15, 0.2) is 11.4 Å². The summed E-state index contributed by atoms with van der Waals surface area (Å²) in [4.78, 5) is 33.6. The number of nitrogens with two attached hydrogens (primary N) is 1. The van der Waals surface area contributed by atoms with Gasteiger partial charge in [-0.3, -0.25) is 14.4 Å². The summed E-state index contributed by atoms with van der Waals surface area (Å²) in [6.45, 7) is 3.04. The van der Waals surface area contributed by atoms with E-state index >= 15 is 0 Å². The van der Waals surface area contributed by atoms with E-state index in [1.165, 1.54) is 19.9 Å². The first-order chi connectivity index (χ1) is 8.24. The predicted octanol–water partition coefficient (Wildman–Crippen LogP) is 1.29. The Labute approximate surface area is 108 Å². The number of hydrogen-bond donors (Lipinski definition) is 3. The molecule has 0 aliphatic heterocycles. The van der Waals surface area contributed by atoms with Gasteiger partial charge < -0.3 is 16.2 Å². The summed E-state index contributed by atoms with van der Waals surface area (Å²) in [6, 6.07) is 1.51. The van der Waals surface area contributed by atoms with Crippen molar-refractivity contribution >= 4 is 34.1 Å². The second-order valence-corrected chi connectivity index (χ2v) is 5.35. The topological polar surface area (TPSA) is 109 Å². The zero-order valence-electron chi connectivity index (χ0n) is 10.0. The molecule has 0 radical (unpaired) electrons. The summed E-state index contributed by atoms with van der Waals surface area (Å²) >= 11 is 1.16. The highest BCUT2D eigenvalue weighted by atomic mass is 32.1. The molecule has 1 aromatic heterocycles. The third-order valence-corrected chi connectivity index (χ3v) is 3.20. The van der Waals surface area contributed by atoms with Gasteiger partial charge in [0.15, 0.2) is 0 Å². The van der Waals surface area contributed by atoms with Crippen molar-refractivity contribution in [3.8, 4) is 0 Å². The van der Waals surface area contributed by atoms with E-state index in [9.17, 15) is 14.4 Å². The Bertz CT molecular complexity index is 493. The molecule has 1 rings (SSSR count). The molecule has 0 spiro atoms. The van der Waals surface area contributed by atoms with Gasteiger partial charge in [0.2, 0.25) is 5.91 Å². The molecule has 0 fully saturated rings.